The van der Waals surface area contributed by atoms with Crippen molar-refractivity contribution in [3.63, 3.8) is 0 Å². The Morgan fingerprint density at radius 2 is 1.80 bits per heavy atom. The highest BCUT2D eigenvalue weighted by atomic mass is 15.2. The van der Waals surface area contributed by atoms with Crippen molar-refractivity contribution in [2.24, 2.45) is 5.92 Å². The average molecular weight is 281 g/mol. The minimum absolute atomic E-state index is 0.777. The van der Waals surface area contributed by atoms with E-state index >= 15 is 0 Å². The third-order valence-electron chi connectivity index (χ3n) is 5.61. The number of nitrogens with one attached hydrogen (secondary N) is 1. The first kappa shape index (κ1) is 16.3. The van der Waals surface area contributed by atoms with E-state index in [0.717, 1.165) is 18.0 Å². The first-order chi connectivity index (χ1) is 9.70. The lowest BCUT2D eigenvalue weighted by Crippen LogP contribution is -2.46. The number of rotatable bonds is 6. The predicted molar refractivity (Wildman–Crippen MR) is 87.2 cm³/mol. The van der Waals surface area contributed by atoms with E-state index in [1.54, 1.807) is 0 Å². The van der Waals surface area contributed by atoms with Crippen LogP contribution in [0.25, 0.3) is 0 Å². The first-order valence-corrected chi connectivity index (χ1v) is 8.86. The molecule has 0 bridgehead atoms. The van der Waals surface area contributed by atoms with Crippen LogP contribution in [0.15, 0.2) is 0 Å². The zero-order chi connectivity index (χ0) is 14.4. The van der Waals surface area contributed by atoms with Gasteiger partial charge in [-0.15, -0.1) is 0 Å². The summed E-state index contributed by atoms with van der Waals surface area (Å²) in [6.45, 7) is 10.9. The first-order valence-electron chi connectivity index (χ1n) is 8.86. The van der Waals surface area contributed by atoms with Gasteiger partial charge in [-0.3, -0.25) is 0 Å². The summed E-state index contributed by atoms with van der Waals surface area (Å²) in [4.78, 5) is 5.17. The van der Waals surface area contributed by atoms with Crippen molar-refractivity contribution in [3.8, 4) is 0 Å². The summed E-state index contributed by atoms with van der Waals surface area (Å²) in [6, 6.07) is 1.59. The molecule has 2 rings (SSSR count). The van der Waals surface area contributed by atoms with Crippen LogP contribution in [-0.2, 0) is 0 Å². The molecule has 0 spiro atoms. The average Bonchev–Trinajstić information content (AvgIpc) is 2.49. The molecule has 1 saturated heterocycles. The van der Waals surface area contributed by atoms with E-state index < -0.39 is 0 Å². The summed E-state index contributed by atoms with van der Waals surface area (Å²) in [5.74, 6) is 0.877. The van der Waals surface area contributed by atoms with Gasteiger partial charge in [-0.25, -0.2) is 0 Å². The molecule has 3 nitrogen and oxygen atoms in total. The molecule has 118 valence electrons. The van der Waals surface area contributed by atoms with Gasteiger partial charge in [0.15, 0.2) is 0 Å². The highest BCUT2D eigenvalue weighted by Crippen LogP contribution is 2.23. The van der Waals surface area contributed by atoms with Gasteiger partial charge in [0, 0.05) is 25.2 Å². The summed E-state index contributed by atoms with van der Waals surface area (Å²) in [5.41, 5.74) is 0. The molecule has 1 aliphatic carbocycles. The van der Waals surface area contributed by atoms with Crippen LogP contribution in [-0.4, -0.2) is 61.7 Å². The molecule has 0 aromatic rings. The number of hydrogen-bond donors (Lipinski definition) is 1. The third-order valence-corrected chi connectivity index (χ3v) is 5.61. The van der Waals surface area contributed by atoms with Crippen molar-refractivity contribution in [2.45, 2.75) is 64.5 Å². The predicted octanol–water partition coefficient (Wildman–Crippen LogP) is 2.57. The Labute approximate surface area is 126 Å². The largest absolute Gasteiger partial charge is 0.312 e. The molecule has 2 fully saturated rings. The zero-order valence-electron chi connectivity index (χ0n) is 13.9. The molecule has 0 aromatic carbocycles. The number of hydrogen-bond acceptors (Lipinski definition) is 3. The summed E-state index contributed by atoms with van der Waals surface area (Å²) in [7, 11) is 2.32. The molecule has 20 heavy (non-hydrogen) atoms. The zero-order valence-corrected chi connectivity index (χ0v) is 13.9. The van der Waals surface area contributed by atoms with Gasteiger partial charge in [-0.1, -0.05) is 26.7 Å². The lowest BCUT2D eigenvalue weighted by atomic mass is 9.86. The Hall–Kier alpha value is -0.120. The SMILES string of the molecule is CCN1CCC(N(C)CCNC2CCCCC2C)CC1. The van der Waals surface area contributed by atoms with Crippen LogP contribution in [0, 0.1) is 5.92 Å². The minimum Gasteiger partial charge on any atom is -0.312 e. The molecule has 0 aromatic heterocycles. The second-order valence-corrected chi connectivity index (χ2v) is 6.97. The Balaban J connectivity index is 1.61. The topological polar surface area (TPSA) is 18.5 Å². The minimum atomic E-state index is 0.777. The number of piperidine rings is 1. The van der Waals surface area contributed by atoms with E-state index in [0.29, 0.717) is 0 Å². The molecule has 2 atom stereocenters. The second kappa shape index (κ2) is 8.35. The van der Waals surface area contributed by atoms with Crippen molar-refractivity contribution in [1.29, 1.82) is 0 Å². The van der Waals surface area contributed by atoms with Gasteiger partial charge in [0.1, 0.15) is 0 Å². The van der Waals surface area contributed by atoms with E-state index in [2.05, 4.69) is 36.0 Å². The molecule has 1 heterocycles. The Morgan fingerprint density at radius 1 is 1.10 bits per heavy atom. The smallest absolute Gasteiger partial charge is 0.0117 e. The van der Waals surface area contributed by atoms with Crippen LogP contribution in [0.4, 0.5) is 0 Å². The van der Waals surface area contributed by atoms with Gasteiger partial charge in [-0.05, 0) is 58.3 Å². The standard InChI is InChI=1S/C17H35N3/c1-4-20-12-9-16(10-13-20)19(3)14-11-18-17-8-6-5-7-15(17)2/h15-18H,4-14H2,1-3H3. The molecule has 1 saturated carbocycles. The van der Waals surface area contributed by atoms with E-state index in [9.17, 15) is 0 Å². The maximum atomic E-state index is 3.81. The quantitative estimate of drug-likeness (QED) is 0.807. The fourth-order valence-corrected chi connectivity index (χ4v) is 3.90. The summed E-state index contributed by atoms with van der Waals surface area (Å²) < 4.78 is 0. The van der Waals surface area contributed by atoms with Crippen molar-refractivity contribution in [3.05, 3.63) is 0 Å². The van der Waals surface area contributed by atoms with Crippen LogP contribution in [0.5, 0.6) is 0 Å². The van der Waals surface area contributed by atoms with Gasteiger partial charge in [0.05, 0.1) is 0 Å². The molecule has 0 amide bonds. The Bertz CT molecular complexity index is 261. The Morgan fingerprint density at radius 3 is 2.45 bits per heavy atom. The number of likely N-dealkylation sites (tertiary alicyclic amines) is 1. The van der Waals surface area contributed by atoms with Crippen molar-refractivity contribution in [2.75, 3.05) is 39.8 Å². The monoisotopic (exact) mass is 281 g/mol. The normalized spacial score (nSPS) is 30.0. The van der Waals surface area contributed by atoms with E-state index in [1.165, 1.54) is 71.2 Å². The lowest BCUT2D eigenvalue weighted by molar-refractivity contribution is 0.130. The maximum Gasteiger partial charge on any atom is 0.0117 e. The van der Waals surface area contributed by atoms with Gasteiger partial charge < -0.3 is 15.1 Å². The van der Waals surface area contributed by atoms with Crippen LogP contribution in [0.2, 0.25) is 0 Å². The highest BCUT2D eigenvalue weighted by Gasteiger charge is 2.23. The molecular weight excluding hydrogens is 246 g/mol. The van der Waals surface area contributed by atoms with E-state index in [1.807, 2.05) is 0 Å². The van der Waals surface area contributed by atoms with Crippen LogP contribution in [0.1, 0.15) is 52.4 Å². The highest BCUT2D eigenvalue weighted by molar-refractivity contribution is 4.80. The fourth-order valence-electron chi connectivity index (χ4n) is 3.90. The van der Waals surface area contributed by atoms with Gasteiger partial charge in [0.25, 0.3) is 0 Å². The van der Waals surface area contributed by atoms with Crippen molar-refractivity contribution >= 4 is 0 Å². The summed E-state index contributed by atoms with van der Waals surface area (Å²) in [5, 5.41) is 3.81. The lowest BCUT2D eigenvalue weighted by Gasteiger charge is -2.37. The summed E-state index contributed by atoms with van der Waals surface area (Å²) >= 11 is 0. The molecule has 3 heteroatoms. The maximum absolute atomic E-state index is 3.81. The molecule has 1 N–H and O–H groups in total. The van der Waals surface area contributed by atoms with Gasteiger partial charge in [0.2, 0.25) is 0 Å². The third kappa shape index (κ3) is 4.71. The van der Waals surface area contributed by atoms with Crippen molar-refractivity contribution < 1.29 is 0 Å². The van der Waals surface area contributed by atoms with Crippen LogP contribution < -0.4 is 5.32 Å². The molecule has 0 radical (unpaired) electrons. The molecule has 2 unspecified atom stereocenters. The van der Waals surface area contributed by atoms with Crippen LogP contribution in [0.3, 0.4) is 0 Å². The van der Waals surface area contributed by atoms with E-state index in [-0.39, 0.29) is 0 Å². The Kier molecular flexibility index (Phi) is 6.79. The second-order valence-electron chi connectivity index (χ2n) is 6.97. The van der Waals surface area contributed by atoms with Gasteiger partial charge >= 0.3 is 0 Å². The molecule has 2 aliphatic rings. The van der Waals surface area contributed by atoms with Gasteiger partial charge in [-0.2, -0.15) is 0 Å². The number of likely N-dealkylation sites (N-methyl/N-ethyl adjacent to an activating group) is 1. The van der Waals surface area contributed by atoms with E-state index in [4.69, 9.17) is 0 Å². The van der Waals surface area contributed by atoms with Crippen LogP contribution >= 0.6 is 0 Å². The van der Waals surface area contributed by atoms with Crippen molar-refractivity contribution in [1.82, 2.24) is 15.1 Å². The fraction of sp³-hybridized carbons (Fsp3) is 1.00. The number of nitrogens with zero attached hydrogens (tertiary/aromatic N) is 2. The summed E-state index contributed by atoms with van der Waals surface area (Å²) in [6.07, 6.45) is 8.37. The molecular formula is C17H35N3. The molecule has 1 aliphatic heterocycles.